The van der Waals surface area contributed by atoms with Crippen LogP contribution in [0.3, 0.4) is 0 Å². The van der Waals surface area contributed by atoms with Gasteiger partial charge in [-0.25, -0.2) is 4.39 Å². The first-order chi connectivity index (χ1) is 10.1. The quantitative estimate of drug-likeness (QED) is 0.799. The van der Waals surface area contributed by atoms with Gasteiger partial charge in [0.05, 0.1) is 0 Å². The number of hydrogen-bond donors (Lipinski definition) is 1. The molecule has 0 saturated carbocycles. The van der Waals surface area contributed by atoms with Crippen molar-refractivity contribution in [2.24, 2.45) is 0 Å². The molecule has 0 spiro atoms. The smallest absolute Gasteiger partial charge is 0.123 e. The van der Waals surface area contributed by atoms with Gasteiger partial charge in [-0.15, -0.1) is 0 Å². The fourth-order valence-corrected chi connectivity index (χ4v) is 2.80. The fraction of sp³-hybridized carbons (Fsp3) is 0.333. The van der Waals surface area contributed by atoms with Gasteiger partial charge in [-0.1, -0.05) is 41.1 Å². The summed E-state index contributed by atoms with van der Waals surface area (Å²) in [5.41, 5.74) is 3.52. The minimum absolute atomic E-state index is 0.158. The summed E-state index contributed by atoms with van der Waals surface area (Å²) in [5.74, 6) is -0.158. The Bertz CT molecular complexity index is 580. The van der Waals surface area contributed by atoms with E-state index in [1.54, 1.807) is 6.07 Å². The average molecular weight is 350 g/mol. The van der Waals surface area contributed by atoms with Gasteiger partial charge in [0.15, 0.2) is 0 Å². The zero-order valence-electron chi connectivity index (χ0n) is 12.5. The maximum atomic E-state index is 13.4. The van der Waals surface area contributed by atoms with Crippen LogP contribution in [0.2, 0.25) is 0 Å². The van der Waals surface area contributed by atoms with E-state index in [2.05, 4.69) is 52.4 Å². The molecule has 112 valence electrons. The van der Waals surface area contributed by atoms with Crippen molar-refractivity contribution in [2.75, 3.05) is 6.54 Å². The number of aryl methyl sites for hydroxylation is 1. The van der Waals surface area contributed by atoms with Crippen molar-refractivity contribution in [2.45, 2.75) is 32.7 Å². The van der Waals surface area contributed by atoms with Gasteiger partial charge in [0.2, 0.25) is 0 Å². The van der Waals surface area contributed by atoms with Crippen LogP contribution in [0.15, 0.2) is 46.9 Å². The highest BCUT2D eigenvalue weighted by atomic mass is 79.9. The highest BCUT2D eigenvalue weighted by molar-refractivity contribution is 9.10. The Morgan fingerprint density at radius 3 is 2.48 bits per heavy atom. The van der Waals surface area contributed by atoms with E-state index < -0.39 is 0 Å². The minimum atomic E-state index is -0.158. The lowest BCUT2D eigenvalue weighted by Crippen LogP contribution is -2.33. The lowest BCUT2D eigenvalue weighted by Gasteiger charge is -2.19. The van der Waals surface area contributed by atoms with E-state index in [1.807, 2.05) is 13.0 Å². The monoisotopic (exact) mass is 349 g/mol. The zero-order valence-corrected chi connectivity index (χ0v) is 14.1. The average Bonchev–Trinajstić information content (AvgIpc) is 2.45. The van der Waals surface area contributed by atoms with E-state index in [-0.39, 0.29) is 5.82 Å². The minimum Gasteiger partial charge on any atom is -0.314 e. The molecule has 0 heterocycles. The third-order valence-corrected chi connectivity index (χ3v) is 4.19. The Hall–Kier alpha value is -1.19. The van der Waals surface area contributed by atoms with Crippen LogP contribution < -0.4 is 5.32 Å². The maximum absolute atomic E-state index is 13.4. The molecular weight excluding hydrogens is 329 g/mol. The second kappa shape index (κ2) is 7.71. The van der Waals surface area contributed by atoms with E-state index in [4.69, 9.17) is 0 Å². The first kappa shape index (κ1) is 16.2. The molecule has 2 aromatic carbocycles. The molecule has 0 amide bonds. The summed E-state index contributed by atoms with van der Waals surface area (Å²) in [5, 5.41) is 3.51. The van der Waals surface area contributed by atoms with Gasteiger partial charge in [0, 0.05) is 10.5 Å². The van der Waals surface area contributed by atoms with E-state index in [9.17, 15) is 4.39 Å². The van der Waals surface area contributed by atoms with Crippen molar-refractivity contribution < 1.29 is 4.39 Å². The van der Waals surface area contributed by atoms with Crippen molar-refractivity contribution in [3.05, 3.63) is 69.4 Å². The van der Waals surface area contributed by atoms with Crippen LogP contribution in [0.1, 0.15) is 23.6 Å². The molecule has 0 aliphatic rings. The van der Waals surface area contributed by atoms with Crippen LogP contribution in [0.4, 0.5) is 4.39 Å². The maximum Gasteiger partial charge on any atom is 0.123 e. The van der Waals surface area contributed by atoms with Crippen LogP contribution in [-0.4, -0.2) is 12.6 Å². The first-order valence-electron chi connectivity index (χ1n) is 7.31. The lowest BCUT2D eigenvalue weighted by molar-refractivity contribution is 0.518. The Morgan fingerprint density at radius 2 is 1.81 bits per heavy atom. The van der Waals surface area contributed by atoms with Gasteiger partial charge in [-0.05, 0) is 67.3 Å². The SMILES string of the molecule is CCNC(Cc1ccc(Br)cc1)Cc1cc(F)ccc1C. The number of nitrogens with one attached hydrogen (secondary N) is 1. The molecule has 3 heteroatoms. The molecule has 0 aliphatic carbocycles. The summed E-state index contributed by atoms with van der Waals surface area (Å²) >= 11 is 3.46. The van der Waals surface area contributed by atoms with Crippen molar-refractivity contribution in [1.82, 2.24) is 5.32 Å². The molecule has 2 rings (SSSR count). The molecule has 2 aromatic rings. The second-order valence-electron chi connectivity index (χ2n) is 5.36. The number of likely N-dealkylation sites (N-methyl/N-ethyl adjacent to an activating group) is 1. The summed E-state index contributed by atoms with van der Waals surface area (Å²) < 4.78 is 14.5. The lowest BCUT2D eigenvalue weighted by atomic mass is 9.96. The van der Waals surface area contributed by atoms with Crippen LogP contribution >= 0.6 is 15.9 Å². The van der Waals surface area contributed by atoms with Crippen molar-refractivity contribution >= 4 is 15.9 Å². The first-order valence-corrected chi connectivity index (χ1v) is 8.10. The number of hydrogen-bond acceptors (Lipinski definition) is 1. The standard InChI is InChI=1S/C18H21BrFN/c1-3-21-18(10-14-5-7-16(19)8-6-14)12-15-11-17(20)9-4-13(15)2/h4-9,11,18,21H,3,10,12H2,1-2H3. The molecule has 1 N–H and O–H groups in total. The van der Waals surface area contributed by atoms with E-state index >= 15 is 0 Å². The number of rotatable bonds is 6. The third-order valence-electron chi connectivity index (χ3n) is 3.67. The normalized spacial score (nSPS) is 12.4. The predicted molar refractivity (Wildman–Crippen MR) is 90.2 cm³/mol. The third kappa shape index (κ3) is 4.94. The Labute approximate surface area is 134 Å². The van der Waals surface area contributed by atoms with E-state index in [0.29, 0.717) is 6.04 Å². The number of benzene rings is 2. The molecule has 0 fully saturated rings. The highest BCUT2D eigenvalue weighted by Gasteiger charge is 2.12. The van der Waals surface area contributed by atoms with Gasteiger partial charge in [0.1, 0.15) is 5.82 Å². The summed E-state index contributed by atoms with van der Waals surface area (Å²) in [6.45, 7) is 5.06. The van der Waals surface area contributed by atoms with Crippen LogP contribution in [0, 0.1) is 12.7 Å². The molecule has 1 unspecified atom stereocenters. The summed E-state index contributed by atoms with van der Waals surface area (Å²) in [4.78, 5) is 0. The van der Waals surface area contributed by atoms with Gasteiger partial charge in [0.25, 0.3) is 0 Å². The van der Waals surface area contributed by atoms with Gasteiger partial charge >= 0.3 is 0 Å². The van der Waals surface area contributed by atoms with Crippen molar-refractivity contribution in [1.29, 1.82) is 0 Å². The van der Waals surface area contributed by atoms with Crippen LogP contribution in [0.5, 0.6) is 0 Å². The van der Waals surface area contributed by atoms with E-state index in [1.165, 1.54) is 11.6 Å². The van der Waals surface area contributed by atoms with Crippen LogP contribution in [-0.2, 0) is 12.8 Å². The zero-order chi connectivity index (χ0) is 15.2. The molecule has 0 saturated heterocycles. The molecule has 1 atom stereocenters. The predicted octanol–water partition coefficient (Wildman–Crippen LogP) is 4.66. The van der Waals surface area contributed by atoms with Crippen molar-refractivity contribution in [3.63, 3.8) is 0 Å². The second-order valence-corrected chi connectivity index (χ2v) is 6.28. The molecule has 0 aliphatic heterocycles. The summed E-state index contributed by atoms with van der Waals surface area (Å²) in [6.07, 6.45) is 1.78. The Balaban J connectivity index is 2.11. The molecule has 0 radical (unpaired) electrons. The molecular formula is C18H21BrFN. The fourth-order valence-electron chi connectivity index (χ4n) is 2.54. The van der Waals surface area contributed by atoms with Crippen molar-refractivity contribution in [3.8, 4) is 0 Å². The summed E-state index contributed by atoms with van der Waals surface area (Å²) in [7, 11) is 0. The molecule has 0 aromatic heterocycles. The highest BCUT2D eigenvalue weighted by Crippen LogP contribution is 2.16. The van der Waals surface area contributed by atoms with E-state index in [0.717, 1.165) is 35.0 Å². The summed E-state index contributed by atoms with van der Waals surface area (Å²) in [6, 6.07) is 13.7. The molecule has 21 heavy (non-hydrogen) atoms. The molecule has 0 bridgehead atoms. The Kier molecular flexibility index (Phi) is 5.95. The van der Waals surface area contributed by atoms with Gasteiger partial charge < -0.3 is 5.32 Å². The Morgan fingerprint density at radius 1 is 1.10 bits per heavy atom. The topological polar surface area (TPSA) is 12.0 Å². The number of halogens is 2. The largest absolute Gasteiger partial charge is 0.314 e. The van der Waals surface area contributed by atoms with Crippen LogP contribution in [0.25, 0.3) is 0 Å². The van der Waals surface area contributed by atoms with Gasteiger partial charge in [-0.2, -0.15) is 0 Å². The van der Waals surface area contributed by atoms with Gasteiger partial charge in [-0.3, -0.25) is 0 Å². The molecule has 1 nitrogen and oxygen atoms in total.